The van der Waals surface area contributed by atoms with Crippen LogP contribution < -0.4 is 21.5 Å². The molecule has 11 heteroatoms. The first-order chi connectivity index (χ1) is 20.0. The lowest BCUT2D eigenvalue weighted by Gasteiger charge is -2.34. The van der Waals surface area contributed by atoms with Crippen molar-refractivity contribution in [3.05, 3.63) is 62.6 Å². The number of ether oxygens (including phenoxy) is 1. The lowest BCUT2D eigenvalue weighted by molar-refractivity contribution is 0.0499. The minimum absolute atomic E-state index is 0.0230. The fraction of sp³-hybridized carbons (Fsp3) is 0.452. The third-order valence-corrected chi connectivity index (χ3v) is 7.31. The summed E-state index contributed by atoms with van der Waals surface area (Å²) in [7, 11) is 1.62. The molecule has 0 unspecified atom stereocenters. The van der Waals surface area contributed by atoms with Gasteiger partial charge in [-0.05, 0) is 58.9 Å². The summed E-state index contributed by atoms with van der Waals surface area (Å²) in [6, 6.07) is 9.62. The minimum atomic E-state index is -0.601. The van der Waals surface area contributed by atoms with Gasteiger partial charge in [0.1, 0.15) is 5.60 Å². The molecule has 220 valence electrons. The van der Waals surface area contributed by atoms with Gasteiger partial charge in [0.2, 0.25) is 5.95 Å². The van der Waals surface area contributed by atoms with Crippen LogP contribution in [0.1, 0.15) is 51.9 Å². The molecule has 1 saturated heterocycles. The molecule has 1 atom stereocenters. The predicted molar refractivity (Wildman–Crippen MR) is 163 cm³/mol. The number of imidazole rings is 1. The molecule has 42 heavy (non-hydrogen) atoms. The largest absolute Gasteiger partial charge is 0.444 e. The maximum atomic E-state index is 14.1. The van der Waals surface area contributed by atoms with E-state index in [0.717, 1.165) is 29.3 Å². The summed E-state index contributed by atoms with van der Waals surface area (Å²) in [5, 5.41) is 4.85. The molecule has 0 aliphatic carbocycles. The number of anilines is 1. The summed E-state index contributed by atoms with van der Waals surface area (Å²) in [5.74, 6) is 6.50. The number of rotatable bonds is 5. The van der Waals surface area contributed by atoms with E-state index in [-0.39, 0.29) is 19.1 Å². The minimum Gasteiger partial charge on any atom is -0.444 e. The third kappa shape index (κ3) is 5.75. The molecule has 0 radical (unpaired) electrons. The smallest absolute Gasteiger partial charge is 0.407 e. The number of benzene rings is 1. The van der Waals surface area contributed by atoms with Crippen LogP contribution in [0.2, 0.25) is 0 Å². The van der Waals surface area contributed by atoms with Gasteiger partial charge in [-0.15, -0.1) is 5.92 Å². The third-order valence-electron chi connectivity index (χ3n) is 7.31. The number of aryl methyl sites for hydroxylation is 2. The molecule has 1 aliphatic heterocycles. The molecule has 4 aromatic rings. The first kappa shape index (κ1) is 28.9. The Balaban J connectivity index is 1.58. The van der Waals surface area contributed by atoms with Crippen molar-refractivity contribution in [2.24, 2.45) is 7.05 Å². The molecular weight excluding hydrogens is 534 g/mol. The second kappa shape index (κ2) is 11.4. The van der Waals surface area contributed by atoms with Crippen molar-refractivity contribution in [2.45, 2.75) is 72.2 Å². The number of pyridine rings is 1. The number of hydrogen-bond acceptors (Lipinski definition) is 7. The van der Waals surface area contributed by atoms with Crippen molar-refractivity contribution in [1.29, 1.82) is 0 Å². The van der Waals surface area contributed by atoms with Gasteiger partial charge in [-0.25, -0.2) is 9.59 Å². The Bertz CT molecular complexity index is 1850. The second-order valence-corrected chi connectivity index (χ2v) is 11.7. The van der Waals surface area contributed by atoms with Gasteiger partial charge in [0.05, 0.1) is 18.8 Å². The molecule has 0 spiro atoms. The van der Waals surface area contributed by atoms with Crippen molar-refractivity contribution in [2.75, 3.05) is 18.0 Å². The van der Waals surface area contributed by atoms with Crippen molar-refractivity contribution in [3.8, 4) is 11.8 Å². The summed E-state index contributed by atoms with van der Waals surface area (Å²) in [6.07, 6.45) is 1.12. The Morgan fingerprint density at radius 2 is 1.93 bits per heavy atom. The quantitative estimate of drug-likeness (QED) is 0.366. The van der Waals surface area contributed by atoms with E-state index in [1.54, 1.807) is 18.5 Å². The topological polar surface area (TPSA) is 116 Å². The standard InChI is InChI=1S/C31H37N7O4/c1-7-8-16-37-25-26(34-28(37)36-15-11-13-22(18-36)33-29(40)42-31(3,4)5)35(6)30(41)38(27(25)39)19-24-23-14-10-9-12-21(23)17-20(2)32-24/h9-10,12,14,17,22H,11,13,15-16,18-19H2,1-6H3,(H,33,40)/t22-/m1/s1. The summed E-state index contributed by atoms with van der Waals surface area (Å²) in [6.45, 7) is 10.5. The van der Waals surface area contributed by atoms with Gasteiger partial charge < -0.3 is 15.0 Å². The van der Waals surface area contributed by atoms with Crippen molar-refractivity contribution in [3.63, 3.8) is 0 Å². The summed E-state index contributed by atoms with van der Waals surface area (Å²) in [5.41, 5.74) is 0.525. The number of piperidine rings is 1. The normalized spacial score (nSPS) is 15.5. The van der Waals surface area contributed by atoms with Crippen molar-refractivity contribution in [1.82, 2.24) is 29.0 Å². The Kier molecular flexibility index (Phi) is 7.82. The zero-order valence-corrected chi connectivity index (χ0v) is 25.0. The van der Waals surface area contributed by atoms with E-state index in [9.17, 15) is 14.4 Å². The lowest BCUT2D eigenvalue weighted by Crippen LogP contribution is -2.49. The van der Waals surface area contributed by atoms with E-state index in [4.69, 9.17) is 9.72 Å². The molecule has 5 rings (SSSR count). The SMILES string of the molecule is CC#CCn1c(N2CCC[C@@H](NC(=O)OC(C)(C)C)C2)nc2c1c(=O)n(Cc1nc(C)cc3ccccc13)c(=O)n2C. The van der Waals surface area contributed by atoms with Crippen LogP contribution in [0.5, 0.6) is 0 Å². The fourth-order valence-corrected chi connectivity index (χ4v) is 5.49. The van der Waals surface area contributed by atoms with Gasteiger partial charge >= 0.3 is 11.8 Å². The maximum absolute atomic E-state index is 14.1. The van der Waals surface area contributed by atoms with Gasteiger partial charge in [-0.3, -0.25) is 23.5 Å². The zero-order chi connectivity index (χ0) is 30.2. The van der Waals surface area contributed by atoms with Crippen LogP contribution >= 0.6 is 0 Å². The lowest BCUT2D eigenvalue weighted by atomic mass is 10.1. The van der Waals surface area contributed by atoms with E-state index < -0.39 is 22.9 Å². The summed E-state index contributed by atoms with van der Waals surface area (Å²) < 4.78 is 9.87. The van der Waals surface area contributed by atoms with Crippen molar-refractivity contribution >= 4 is 34.0 Å². The van der Waals surface area contributed by atoms with E-state index in [1.165, 1.54) is 9.13 Å². The van der Waals surface area contributed by atoms with Gasteiger partial charge in [0.25, 0.3) is 5.56 Å². The Morgan fingerprint density at radius 3 is 2.67 bits per heavy atom. The number of nitrogens with one attached hydrogen (secondary N) is 1. The monoisotopic (exact) mass is 571 g/mol. The van der Waals surface area contributed by atoms with E-state index in [2.05, 4.69) is 22.1 Å². The molecule has 0 saturated carbocycles. The van der Waals surface area contributed by atoms with Crippen LogP contribution in [-0.4, -0.2) is 54.5 Å². The molecule has 1 amide bonds. The van der Waals surface area contributed by atoms with Gasteiger partial charge in [-0.2, -0.15) is 4.98 Å². The highest BCUT2D eigenvalue weighted by Gasteiger charge is 2.29. The second-order valence-electron chi connectivity index (χ2n) is 11.7. The maximum Gasteiger partial charge on any atom is 0.407 e. The number of carbonyl (C=O) groups excluding carboxylic acids is 1. The van der Waals surface area contributed by atoms with E-state index in [1.807, 2.05) is 62.9 Å². The summed E-state index contributed by atoms with van der Waals surface area (Å²) >= 11 is 0. The Morgan fingerprint density at radius 1 is 1.17 bits per heavy atom. The average Bonchev–Trinajstić information content (AvgIpc) is 3.31. The summed E-state index contributed by atoms with van der Waals surface area (Å²) in [4.78, 5) is 51.6. The number of nitrogens with zero attached hydrogens (tertiary/aromatic N) is 6. The van der Waals surface area contributed by atoms with Crippen LogP contribution in [0, 0.1) is 18.8 Å². The molecule has 4 heterocycles. The van der Waals surface area contributed by atoms with Crippen LogP contribution in [0.15, 0.2) is 39.9 Å². The van der Waals surface area contributed by atoms with Crippen molar-refractivity contribution < 1.29 is 9.53 Å². The molecule has 11 nitrogen and oxygen atoms in total. The zero-order valence-electron chi connectivity index (χ0n) is 25.0. The Labute approximate surface area is 244 Å². The van der Waals surface area contributed by atoms with E-state index in [0.29, 0.717) is 35.9 Å². The molecule has 3 aromatic heterocycles. The first-order valence-corrected chi connectivity index (χ1v) is 14.2. The van der Waals surface area contributed by atoms with Crippen LogP contribution in [0.4, 0.5) is 10.7 Å². The number of alkyl carbamates (subject to hydrolysis) is 1. The highest BCUT2D eigenvalue weighted by molar-refractivity contribution is 5.85. The number of aromatic nitrogens is 5. The number of fused-ring (bicyclic) bond motifs is 2. The highest BCUT2D eigenvalue weighted by Crippen LogP contribution is 2.24. The Hall–Kier alpha value is -4.59. The van der Waals surface area contributed by atoms with Crippen LogP contribution in [0.25, 0.3) is 21.9 Å². The average molecular weight is 572 g/mol. The number of hydrogen-bond donors (Lipinski definition) is 1. The molecule has 1 aromatic carbocycles. The van der Waals surface area contributed by atoms with Crippen LogP contribution in [0.3, 0.4) is 0 Å². The molecule has 1 aliphatic rings. The predicted octanol–water partition coefficient (Wildman–Crippen LogP) is 3.32. The highest BCUT2D eigenvalue weighted by atomic mass is 16.6. The molecule has 1 fully saturated rings. The van der Waals surface area contributed by atoms with Gasteiger partial charge in [0.15, 0.2) is 11.2 Å². The van der Waals surface area contributed by atoms with E-state index >= 15 is 0 Å². The molecule has 1 N–H and O–H groups in total. The fourth-order valence-electron chi connectivity index (χ4n) is 5.49. The number of carbonyl (C=O) groups is 1. The molecular formula is C31H37N7O4. The number of amides is 1. The first-order valence-electron chi connectivity index (χ1n) is 14.2. The molecule has 0 bridgehead atoms. The van der Waals surface area contributed by atoms with Gasteiger partial charge in [0, 0.05) is 37.3 Å². The van der Waals surface area contributed by atoms with Crippen LogP contribution in [-0.2, 0) is 24.9 Å². The van der Waals surface area contributed by atoms with Gasteiger partial charge in [-0.1, -0.05) is 30.2 Å².